The van der Waals surface area contributed by atoms with Gasteiger partial charge in [0.05, 0.1) is 33.8 Å². The molecule has 1 unspecified atom stereocenters. The van der Waals surface area contributed by atoms with Crippen LogP contribution in [0.3, 0.4) is 0 Å². The van der Waals surface area contributed by atoms with Crippen molar-refractivity contribution in [2.45, 2.75) is 6.04 Å². The van der Waals surface area contributed by atoms with Gasteiger partial charge in [0.1, 0.15) is 0 Å². The van der Waals surface area contributed by atoms with Crippen LogP contribution in [-0.4, -0.2) is 21.1 Å². The lowest BCUT2D eigenvalue weighted by atomic mass is 10.0. The second-order valence-electron chi connectivity index (χ2n) is 18.0. The maximum absolute atomic E-state index is 5.69. The number of nitrogens with one attached hydrogen (secondary N) is 1. The topological polar surface area (TPSA) is 37.5 Å². The van der Waals surface area contributed by atoms with Gasteiger partial charge in [-0.2, -0.15) is 0 Å². The quantitative estimate of drug-likeness (QED) is 0.173. The molecular formula is C64H43N5S. The third-order valence-electron chi connectivity index (χ3n) is 13.9. The minimum absolute atomic E-state index is 0.0807. The molecule has 1 N–H and O–H groups in total. The van der Waals surface area contributed by atoms with E-state index in [0.717, 1.165) is 56.6 Å². The molecule has 0 aliphatic carbocycles. The van der Waals surface area contributed by atoms with Gasteiger partial charge in [0.15, 0.2) is 0 Å². The van der Waals surface area contributed by atoms with Gasteiger partial charge in [-0.1, -0.05) is 169 Å². The van der Waals surface area contributed by atoms with Gasteiger partial charge in [-0.15, -0.1) is 0 Å². The first-order valence-corrected chi connectivity index (χ1v) is 24.6. The SMILES string of the molecule is C1=C(c2ccccc2)SC2=C(c3ccc(N(c4ccccc4)c4ccccc4)cc3)N=C(n3c4ccc(-c5ccc6c7ccccc7n(-c7ccccc7)c6c5)cc4c4cc5ccccc5cc43)NC12. The highest BCUT2D eigenvalue weighted by atomic mass is 32.2. The average molecular weight is 914 g/mol. The molecule has 2 aliphatic heterocycles. The lowest BCUT2D eigenvalue weighted by molar-refractivity contribution is 0.835. The highest BCUT2D eigenvalue weighted by Gasteiger charge is 2.33. The molecule has 10 aromatic carbocycles. The summed E-state index contributed by atoms with van der Waals surface area (Å²) in [4.78, 5) is 10.4. The minimum Gasteiger partial charge on any atom is -0.344 e. The molecule has 0 saturated heterocycles. The van der Waals surface area contributed by atoms with Gasteiger partial charge in [-0.05, 0) is 118 Å². The molecule has 330 valence electrons. The van der Waals surface area contributed by atoms with Crippen molar-refractivity contribution in [1.29, 1.82) is 0 Å². The number of rotatable bonds is 7. The second-order valence-corrected chi connectivity index (χ2v) is 19.1. The molecule has 2 aliphatic rings. The van der Waals surface area contributed by atoms with E-state index in [9.17, 15) is 0 Å². The van der Waals surface area contributed by atoms with Crippen LogP contribution >= 0.6 is 11.8 Å². The Morgan fingerprint density at radius 2 is 0.943 bits per heavy atom. The minimum atomic E-state index is -0.0807. The maximum atomic E-state index is 5.69. The van der Waals surface area contributed by atoms with Crippen LogP contribution in [-0.2, 0) is 0 Å². The molecule has 5 nitrogen and oxygen atoms in total. The summed E-state index contributed by atoms with van der Waals surface area (Å²) in [6.07, 6.45) is 2.37. The number of nitrogens with zero attached hydrogens (tertiary/aromatic N) is 4. The largest absolute Gasteiger partial charge is 0.344 e. The Balaban J connectivity index is 0.938. The summed E-state index contributed by atoms with van der Waals surface area (Å²) >= 11 is 1.81. The fourth-order valence-corrected chi connectivity index (χ4v) is 11.9. The van der Waals surface area contributed by atoms with Gasteiger partial charge in [-0.3, -0.25) is 4.57 Å². The number of para-hydroxylation sites is 4. The van der Waals surface area contributed by atoms with E-state index in [1.54, 1.807) is 0 Å². The van der Waals surface area contributed by atoms with Gasteiger partial charge in [0, 0.05) is 59.7 Å². The fourth-order valence-electron chi connectivity index (χ4n) is 10.6. The van der Waals surface area contributed by atoms with E-state index in [-0.39, 0.29) is 6.04 Å². The monoisotopic (exact) mass is 913 g/mol. The van der Waals surface area contributed by atoms with E-state index in [1.807, 2.05) is 11.8 Å². The van der Waals surface area contributed by atoms with Gasteiger partial charge in [0.2, 0.25) is 5.96 Å². The van der Waals surface area contributed by atoms with Crippen LogP contribution in [0.15, 0.2) is 259 Å². The number of aliphatic imine (C=N–C) groups is 1. The molecule has 0 spiro atoms. The standard InChI is InChI=1S/C64H43N5S/c1-5-17-42(18-6-1)61-41-56-63(70-61)62(43-29-33-51(34-30-43)67(48-21-7-2-8-22-48)49-23-9-3-10-24-49)66-64(65-56)69-58-36-32-46(38-54(58)55-37-44-19-13-14-20-45(44)39-60(55)69)47-31-35-53-52-27-15-16-28-57(52)68(59(53)40-47)50-25-11-4-12-26-50/h1-41,56H,(H,65,66). The van der Waals surface area contributed by atoms with Crippen LogP contribution in [0.4, 0.5) is 17.1 Å². The summed E-state index contributed by atoms with van der Waals surface area (Å²) in [5.74, 6) is 0.797. The lowest BCUT2D eigenvalue weighted by Crippen LogP contribution is -2.40. The molecule has 6 heteroatoms. The van der Waals surface area contributed by atoms with E-state index in [2.05, 4.69) is 268 Å². The van der Waals surface area contributed by atoms with Crippen molar-refractivity contribution in [3.8, 4) is 16.8 Å². The molecule has 12 aromatic rings. The molecule has 2 aromatic heterocycles. The smallest absolute Gasteiger partial charge is 0.209 e. The van der Waals surface area contributed by atoms with Crippen molar-refractivity contribution >= 4 is 99.8 Å². The van der Waals surface area contributed by atoms with E-state index < -0.39 is 0 Å². The Labute approximate surface area is 409 Å². The van der Waals surface area contributed by atoms with Gasteiger partial charge < -0.3 is 14.8 Å². The number of hydrogen-bond donors (Lipinski definition) is 1. The van der Waals surface area contributed by atoms with Crippen LogP contribution in [0.2, 0.25) is 0 Å². The zero-order valence-electron chi connectivity index (χ0n) is 37.9. The first-order valence-electron chi connectivity index (χ1n) is 23.8. The highest BCUT2D eigenvalue weighted by Crippen LogP contribution is 2.48. The molecule has 0 saturated carbocycles. The van der Waals surface area contributed by atoms with Crippen molar-refractivity contribution in [2.75, 3.05) is 4.90 Å². The van der Waals surface area contributed by atoms with Gasteiger partial charge in [0.25, 0.3) is 0 Å². The second kappa shape index (κ2) is 16.4. The number of aromatic nitrogens is 2. The Morgan fingerprint density at radius 3 is 1.69 bits per heavy atom. The summed E-state index contributed by atoms with van der Waals surface area (Å²) in [5.41, 5.74) is 14.6. The van der Waals surface area contributed by atoms with Crippen molar-refractivity contribution in [2.24, 2.45) is 4.99 Å². The zero-order chi connectivity index (χ0) is 46.1. The van der Waals surface area contributed by atoms with Crippen molar-refractivity contribution < 1.29 is 0 Å². The highest BCUT2D eigenvalue weighted by molar-refractivity contribution is 8.12. The summed E-state index contributed by atoms with van der Waals surface area (Å²) < 4.78 is 4.75. The molecule has 0 bridgehead atoms. The molecule has 70 heavy (non-hydrogen) atoms. The summed E-state index contributed by atoms with van der Waals surface area (Å²) in [5, 5.41) is 11.2. The molecule has 14 rings (SSSR count). The third-order valence-corrected chi connectivity index (χ3v) is 15.2. The lowest BCUT2D eigenvalue weighted by Gasteiger charge is -2.27. The number of anilines is 3. The Hall–Kier alpha value is -8.84. The Morgan fingerprint density at radius 1 is 0.400 bits per heavy atom. The average Bonchev–Trinajstić information content (AvgIpc) is 4.11. The summed E-state index contributed by atoms with van der Waals surface area (Å²) in [6, 6.07) is 87.4. The predicted molar refractivity (Wildman–Crippen MR) is 297 cm³/mol. The van der Waals surface area contributed by atoms with Crippen LogP contribution in [0.25, 0.3) is 81.8 Å². The molecule has 0 fully saturated rings. The van der Waals surface area contributed by atoms with E-state index in [0.29, 0.717) is 0 Å². The zero-order valence-corrected chi connectivity index (χ0v) is 38.8. The molecule has 0 amide bonds. The van der Waals surface area contributed by atoms with Crippen LogP contribution in [0, 0.1) is 0 Å². The van der Waals surface area contributed by atoms with Crippen molar-refractivity contribution in [3.05, 3.63) is 265 Å². The van der Waals surface area contributed by atoms with Gasteiger partial charge in [-0.25, -0.2) is 4.99 Å². The number of hydrogen-bond acceptors (Lipinski definition) is 4. The van der Waals surface area contributed by atoms with Crippen LogP contribution < -0.4 is 10.2 Å². The van der Waals surface area contributed by atoms with Crippen molar-refractivity contribution in [3.63, 3.8) is 0 Å². The summed E-state index contributed by atoms with van der Waals surface area (Å²) in [7, 11) is 0. The van der Waals surface area contributed by atoms with E-state index >= 15 is 0 Å². The molecular weight excluding hydrogens is 871 g/mol. The van der Waals surface area contributed by atoms with Crippen LogP contribution in [0.5, 0.6) is 0 Å². The Kier molecular flexibility index (Phi) is 9.45. The first-order chi connectivity index (χ1) is 34.7. The fraction of sp³-hybridized carbons (Fsp3) is 0.0156. The molecule has 4 heterocycles. The molecule has 0 radical (unpaired) electrons. The van der Waals surface area contributed by atoms with Gasteiger partial charge >= 0.3 is 0 Å². The van der Waals surface area contributed by atoms with Crippen molar-refractivity contribution in [1.82, 2.24) is 14.5 Å². The molecule has 1 atom stereocenters. The predicted octanol–water partition coefficient (Wildman–Crippen LogP) is 16.5. The summed E-state index contributed by atoms with van der Waals surface area (Å²) in [6.45, 7) is 0. The first kappa shape index (κ1) is 40.2. The van der Waals surface area contributed by atoms with E-state index in [4.69, 9.17) is 4.99 Å². The maximum Gasteiger partial charge on any atom is 0.209 e. The van der Waals surface area contributed by atoms with E-state index in [1.165, 1.54) is 64.3 Å². The third kappa shape index (κ3) is 6.67. The van der Waals surface area contributed by atoms with Crippen LogP contribution in [0.1, 0.15) is 11.1 Å². The normalized spacial score (nSPS) is 14.6. The Bertz CT molecular complexity index is 4060. The number of benzene rings is 10. The number of fused-ring (bicyclic) bond motifs is 8. The number of thioether (sulfide) groups is 1.